The van der Waals surface area contributed by atoms with Crippen LogP contribution in [-0.2, 0) is 6.61 Å². The average molecular weight is 439 g/mol. The lowest BCUT2D eigenvalue weighted by Crippen LogP contribution is -2.02. The van der Waals surface area contributed by atoms with Crippen molar-refractivity contribution >= 4 is 40.6 Å². The fourth-order valence-electron chi connectivity index (χ4n) is 2.86. The van der Waals surface area contributed by atoms with Crippen LogP contribution in [0.3, 0.4) is 0 Å². The van der Waals surface area contributed by atoms with E-state index in [1.807, 2.05) is 13.8 Å². The van der Waals surface area contributed by atoms with Gasteiger partial charge in [0.1, 0.15) is 23.8 Å². The lowest BCUT2D eigenvalue weighted by Gasteiger charge is -2.11. The quantitative estimate of drug-likeness (QED) is 0.382. The van der Waals surface area contributed by atoms with Crippen molar-refractivity contribution in [2.24, 2.45) is 0 Å². The molecule has 0 atom stereocenters. The predicted molar refractivity (Wildman–Crippen MR) is 112 cm³/mol. The average Bonchev–Trinajstić information content (AvgIpc) is 3.03. The van der Waals surface area contributed by atoms with Gasteiger partial charge in [-0.25, -0.2) is 0 Å². The Bertz CT molecular complexity index is 1010. The maximum Gasteiger partial charge on any atom is 0.161 e. The van der Waals surface area contributed by atoms with Crippen molar-refractivity contribution in [3.8, 4) is 17.0 Å². The van der Waals surface area contributed by atoms with Gasteiger partial charge in [0, 0.05) is 17.0 Å². The van der Waals surface area contributed by atoms with Gasteiger partial charge in [0.15, 0.2) is 5.78 Å². The highest BCUT2D eigenvalue weighted by atomic mass is 35.5. The smallest absolute Gasteiger partial charge is 0.161 e. The maximum absolute atomic E-state index is 11.5. The van der Waals surface area contributed by atoms with Crippen molar-refractivity contribution in [3.63, 3.8) is 0 Å². The Morgan fingerprint density at radius 3 is 2.36 bits per heavy atom. The van der Waals surface area contributed by atoms with Crippen molar-refractivity contribution in [2.45, 2.75) is 33.3 Å². The van der Waals surface area contributed by atoms with Crippen molar-refractivity contribution in [1.29, 1.82) is 0 Å². The van der Waals surface area contributed by atoms with Gasteiger partial charge in [-0.1, -0.05) is 59.9 Å². The van der Waals surface area contributed by atoms with E-state index in [2.05, 4.69) is 5.16 Å². The van der Waals surface area contributed by atoms with E-state index in [9.17, 15) is 4.79 Å². The highest BCUT2D eigenvalue weighted by Crippen LogP contribution is 2.39. The predicted octanol–water partition coefficient (Wildman–Crippen LogP) is 7.21. The molecule has 4 nitrogen and oxygen atoms in total. The third-order valence-electron chi connectivity index (χ3n) is 4.25. The molecule has 0 bridgehead atoms. The van der Waals surface area contributed by atoms with Crippen LogP contribution >= 0.6 is 34.8 Å². The largest absolute Gasteiger partial charge is 0.489 e. The minimum atomic E-state index is -0.103. The summed E-state index contributed by atoms with van der Waals surface area (Å²) in [7, 11) is 0. The number of hydrogen-bond donors (Lipinski definition) is 0. The molecule has 2 aromatic carbocycles. The number of rotatable bonds is 6. The van der Waals surface area contributed by atoms with Crippen LogP contribution in [0.4, 0.5) is 0 Å². The standard InChI is InChI=1S/C21H18Cl3NO3/c1-11(2)21-15(10-27-13-7-8-14(12(3)26)18(24)9-13)20(25-28-21)19-16(22)5-4-6-17(19)23/h4-9,11H,10H2,1-3H3. The van der Waals surface area contributed by atoms with Crippen molar-refractivity contribution in [3.05, 3.63) is 68.4 Å². The van der Waals surface area contributed by atoms with Crippen LogP contribution in [0.2, 0.25) is 15.1 Å². The first kappa shape index (κ1) is 20.7. The van der Waals surface area contributed by atoms with E-state index < -0.39 is 0 Å². The molecule has 0 amide bonds. The second-order valence-corrected chi connectivity index (χ2v) is 7.83. The molecule has 0 saturated heterocycles. The molecule has 0 spiro atoms. The zero-order chi connectivity index (χ0) is 20.4. The van der Waals surface area contributed by atoms with Gasteiger partial charge in [-0.05, 0) is 37.3 Å². The summed E-state index contributed by atoms with van der Waals surface area (Å²) < 4.78 is 11.5. The van der Waals surface area contributed by atoms with Gasteiger partial charge in [-0.2, -0.15) is 0 Å². The molecule has 0 fully saturated rings. The maximum atomic E-state index is 11.5. The number of hydrogen-bond acceptors (Lipinski definition) is 4. The Kier molecular flexibility index (Phi) is 6.33. The SMILES string of the molecule is CC(=O)c1ccc(OCc2c(-c3c(Cl)cccc3Cl)noc2C(C)C)cc1Cl. The van der Waals surface area contributed by atoms with Crippen LogP contribution in [0, 0.1) is 0 Å². The summed E-state index contributed by atoms with van der Waals surface area (Å²) in [5, 5.41) is 5.50. The minimum absolute atomic E-state index is 0.0878. The lowest BCUT2D eigenvalue weighted by atomic mass is 10.0. The summed E-state index contributed by atoms with van der Waals surface area (Å²) in [6.45, 7) is 5.65. The number of ether oxygens (including phenoxy) is 1. The summed E-state index contributed by atoms with van der Waals surface area (Å²) >= 11 is 18.9. The van der Waals surface area contributed by atoms with E-state index in [0.29, 0.717) is 43.4 Å². The molecule has 3 rings (SSSR count). The third kappa shape index (κ3) is 4.19. The Hall–Kier alpha value is -2.01. The molecule has 0 N–H and O–H groups in total. The molecule has 0 aliphatic rings. The topological polar surface area (TPSA) is 52.3 Å². The van der Waals surface area contributed by atoms with Crippen LogP contribution < -0.4 is 4.74 Å². The zero-order valence-corrected chi connectivity index (χ0v) is 17.8. The highest BCUT2D eigenvalue weighted by molar-refractivity contribution is 6.39. The molecule has 1 aromatic heterocycles. The molecule has 0 aliphatic heterocycles. The highest BCUT2D eigenvalue weighted by Gasteiger charge is 2.24. The molecular weight excluding hydrogens is 421 g/mol. The molecule has 3 aromatic rings. The first-order chi connectivity index (χ1) is 13.3. The van der Waals surface area contributed by atoms with Crippen molar-refractivity contribution < 1.29 is 14.1 Å². The van der Waals surface area contributed by atoms with Crippen LogP contribution in [0.25, 0.3) is 11.3 Å². The molecule has 28 heavy (non-hydrogen) atoms. The van der Waals surface area contributed by atoms with Gasteiger partial charge < -0.3 is 9.26 Å². The summed E-state index contributed by atoms with van der Waals surface area (Å²) in [4.78, 5) is 11.5. The van der Waals surface area contributed by atoms with E-state index in [0.717, 1.165) is 5.56 Å². The first-order valence-corrected chi connectivity index (χ1v) is 9.79. The molecule has 7 heteroatoms. The number of nitrogens with zero attached hydrogens (tertiary/aromatic N) is 1. The number of halogens is 3. The van der Waals surface area contributed by atoms with Crippen LogP contribution in [-0.4, -0.2) is 10.9 Å². The van der Waals surface area contributed by atoms with Gasteiger partial charge in [-0.15, -0.1) is 0 Å². The normalized spacial score (nSPS) is 11.1. The Labute approximate surface area is 178 Å². The molecule has 0 saturated carbocycles. The van der Waals surface area contributed by atoms with E-state index in [-0.39, 0.29) is 18.3 Å². The second-order valence-electron chi connectivity index (χ2n) is 6.61. The van der Waals surface area contributed by atoms with Gasteiger partial charge in [0.05, 0.1) is 20.6 Å². The summed E-state index contributed by atoms with van der Waals surface area (Å²) in [5.74, 6) is 1.21. The number of aromatic nitrogens is 1. The number of ketones is 1. The number of carbonyl (C=O) groups is 1. The van der Waals surface area contributed by atoms with Crippen molar-refractivity contribution in [1.82, 2.24) is 5.16 Å². The lowest BCUT2D eigenvalue weighted by molar-refractivity contribution is 0.101. The second kappa shape index (κ2) is 8.56. The summed E-state index contributed by atoms with van der Waals surface area (Å²) in [6.07, 6.45) is 0. The number of carbonyl (C=O) groups excluding carboxylic acids is 1. The summed E-state index contributed by atoms with van der Waals surface area (Å²) in [6, 6.07) is 10.2. The fourth-order valence-corrected chi connectivity index (χ4v) is 3.74. The van der Waals surface area contributed by atoms with E-state index in [4.69, 9.17) is 44.1 Å². The monoisotopic (exact) mass is 437 g/mol. The Morgan fingerprint density at radius 1 is 1.11 bits per heavy atom. The van der Waals surface area contributed by atoms with Gasteiger partial charge >= 0.3 is 0 Å². The Balaban J connectivity index is 1.97. The first-order valence-electron chi connectivity index (χ1n) is 8.65. The van der Waals surface area contributed by atoms with Gasteiger partial charge in [0.2, 0.25) is 0 Å². The summed E-state index contributed by atoms with van der Waals surface area (Å²) in [5.41, 5.74) is 2.36. The molecular formula is C21H18Cl3NO3. The molecule has 0 radical (unpaired) electrons. The van der Waals surface area contributed by atoms with Gasteiger partial charge in [0.25, 0.3) is 0 Å². The third-order valence-corrected chi connectivity index (χ3v) is 5.19. The zero-order valence-electron chi connectivity index (χ0n) is 15.6. The van der Waals surface area contributed by atoms with Gasteiger partial charge in [-0.3, -0.25) is 4.79 Å². The molecule has 0 unspecified atom stereocenters. The van der Waals surface area contributed by atoms with Crippen LogP contribution in [0.1, 0.15) is 48.4 Å². The van der Waals surface area contributed by atoms with E-state index in [1.54, 1.807) is 36.4 Å². The van der Waals surface area contributed by atoms with E-state index >= 15 is 0 Å². The molecule has 1 heterocycles. The van der Waals surface area contributed by atoms with Crippen LogP contribution in [0.5, 0.6) is 5.75 Å². The minimum Gasteiger partial charge on any atom is -0.489 e. The van der Waals surface area contributed by atoms with Crippen molar-refractivity contribution in [2.75, 3.05) is 0 Å². The van der Waals surface area contributed by atoms with E-state index in [1.165, 1.54) is 6.92 Å². The Morgan fingerprint density at radius 2 is 1.79 bits per heavy atom. The number of Topliss-reactive ketones (excluding diaryl/α,β-unsaturated/α-hetero) is 1. The molecule has 0 aliphatic carbocycles. The molecule has 146 valence electrons. The number of benzene rings is 2. The fraction of sp³-hybridized carbons (Fsp3) is 0.238. The van der Waals surface area contributed by atoms with Crippen LogP contribution in [0.15, 0.2) is 40.9 Å².